The van der Waals surface area contributed by atoms with Crippen LogP contribution in [0.25, 0.3) is 22.2 Å². The van der Waals surface area contributed by atoms with Crippen LogP contribution in [-0.2, 0) is 0 Å². The highest BCUT2D eigenvalue weighted by Gasteiger charge is 2.21. The van der Waals surface area contributed by atoms with E-state index in [0.717, 1.165) is 30.3 Å². The zero-order chi connectivity index (χ0) is 23.5. The molecule has 0 atom stereocenters. The first-order chi connectivity index (χ1) is 15.8. The molecule has 0 radical (unpaired) electrons. The van der Waals surface area contributed by atoms with Gasteiger partial charge in [0.15, 0.2) is 0 Å². The number of fused-ring (bicyclic) bond motifs is 1. The number of aryl methyl sites for hydroxylation is 2. The van der Waals surface area contributed by atoms with Crippen LogP contribution in [0, 0.1) is 19.8 Å². The third kappa shape index (κ3) is 5.77. The fourth-order valence-corrected chi connectivity index (χ4v) is 5.02. The van der Waals surface area contributed by atoms with Crippen molar-refractivity contribution in [1.29, 1.82) is 0 Å². The monoisotopic (exact) mass is 448 g/mol. The van der Waals surface area contributed by atoms with Crippen molar-refractivity contribution in [1.82, 2.24) is 19.8 Å². The van der Waals surface area contributed by atoms with E-state index in [9.17, 15) is 0 Å². The number of H-pyrrole nitrogens is 1. The van der Waals surface area contributed by atoms with Gasteiger partial charge in [-0.25, -0.2) is 0 Å². The molecule has 3 heterocycles. The van der Waals surface area contributed by atoms with E-state index in [1.165, 1.54) is 60.2 Å². The highest BCUT2D eigenvalue weighted by molar-refractivity contribution is 5.92. The largest absolute Gasteiger partial charge is 0.493 e. The molecule has 1 aliphatic rings. The maximum Gasteiger partial charge on any atom is 0.120 e. The van der Waals surface area contributed by atoms with Gasteiger partial charge in [-0.2, -0.15) is 0 Å². The second kappa shape index (κ2) is 10.3. The van der Waals surface area contributed by atoms with Crippen LogP contribution >= 0.6 is 0 Å². The topological polar surface area (TPSA) is 44.4 Å². The van der Waals surface area contributed by atoms with E-state index < -0.39 is 0 Å². The average molecular weight is 449 g/mol. The lowest BCUT2D eigenvalue weighted by molar-refractivity contribution is 0.135. The van der Waals surface area contributed by atoms with Crippen molar-refractivity contribution in [2.75, 3.05) is 46.9 Å². The number of piperidine rings is 1. The van der Waals surface area contributed by atoms with Crippen LogP contribution in [0.2, 0.25) is 0 Å². The molecule has 5 nitrogen and oxygen atoms in total. The standard InChI is InChI=1S/C28H40N4O/c1-19(2)27-25-17-24(33-18-22-9-11-32(12-10-22)14-13-31(5)6)7-8-26(25)30-28(27)23-15-20(3)29-21(4)16-23/h7-8,15-17,19,22,30H,9-14,18H2,1-6H3. The molecule has 1 aliphatic heterocycles. The minimum atomic E-state index is 0.407. The molecule has 178 valence electrons. The number of likely N-dealkylation sites (tertiary alicyclic amines) is 1. The van der Waals surface area contributed by atoms with Gasteiger partial charge in [0.05, 0.1) is 12.3 Å². The van der Waals surface area contributed by atoms with Crippen LogP contribution < -0.4 is 4.74 Å². The van der Waals surface area contributed by atoms with E-state index in [-0.39, 0.29) is 0 Å². The minimum absolute atomic E-state index is 0.407. The van der Waals surface area contributed by atoms with Crippen LogP contribution in [0.15, 0.2) is 30.3 Å². The van der Waals surface area contributed by atoms with Crippen molar-refractivity contribution in [2.24, 2.45) is 5.92 Å². The lowest BCUT2D eigenvalue weighted by Gasteiger charge is -2.32. The molecule has 0 spiro atoms. The zero-order valence-corrected chi connectivity index (χ0v) is 21.2. The molecular formula is C28H40N4O. The lowest BCUT2D eigenvalue weighted by Crippen LogP contribution is -2.39. The smallest absolute Gasteiger partial charge is 0.120 e. The van der Waals surface area contributed by atoms with Crippen LogP contribution in [0.5, 0.6) is 5.75 Å². The van der Waals surface area contributed by atoms with Crippen LogP contribution in [-0.4, -0.2) is 66.6 Å². The Labute approximate surface area is 199 Å². The van der Waals surface area contributed by atoms with Gasteiger partial charge in [0.2, 0.25) is 0 Å². The molecule has 0 unspecified atom stereocenters. The number of nitrogens with one attached hydrogen (secondary N) is 1. The van der Waals surface area contributed by atoms with Gasteiger partial charge in [-0.15, -0.1) is 0 Å². The maximum atomic E-state index is 6.32. The van der Waals surface area contributed by atoms with Crippen molar-refractivity contribution in [3.8, 4) is 17.0 Å². The first-order valence-electron chi connectivity index (χ1n) is 12.4. The van der Waals surface area contributed by atoms with Crippen molar-refractivity contribution in [3.05, 3.63) is 47.3 Å². The molecule has 1 N–H and O–H groups in total. The summed E-state index contributed by atoms with van der Waals surface area (Å²) < 4.78 is 6.32. The summed E-state index contributed by atoms with van der Waals surface area (Å²) in [4.78, 5) is 13.1. The first-order valence-corrected chi connectivity index (χ1v) is 12.4. The second-order valence-corrected chi connectivity index (χ2v) is 10.3. The first kappa shape index (κ1) is 23.8. The van der Waals surface area contributed by atoms with Gasteiger partial charge in [0, 0.05) is 40.9 Å². The van der Waals surface area contributed by atoms with E-state index in [1.807, 2.05) is 0 Å². The Morgan fingerprint density at radius 1 is 1.09 bits per heavy atom. The van der Waals surface area contributed by atoms with E-state index in [0.29, 0.717) is 11.8 Å². The van der Waals surface area contributed by atoms with Crippen LogP contribution in [0.3, 0.4) is 0 Å². The molecule has 1 aromatic carbocycles. The molecule has 0 amide bonds. The van der Waals surface area contributed by atoms with Gasteiger partial charge in [0.1, 0.15) is 5.75 Å². The molecule has 0 aliphatic carbocycles. The van der Waals surface area contributed by atoms with Gasteiger partial charge in [0.25, 0.3) is 0 Å². The Bertz CT molecular complexity index is 1060. The maximum absolute atomic E-state index is 6.32. The second-order valence-electron chi connectivity index (χ2n) is 10.3. The Kier molecular flexibility index (Phi) is 7.40. The van der Waals surface area contributed by atoms with Crippen molar-refractivity contribution in [3.63, 3.8) is 0 Å². The number of rotatable bonds is 8. The summed E-state index contributed by atoms with van der Waals surface area (Å²) in [5, 5.41) is 1.27. The Balaban J connectivity index is 1.47. The quantitative estimate of drug-likeness (QED) is 0.486. The molecule has 5 heteroatoms. The molecule has 4 rings (SSSR count). The fraction of sp³-hybridized carbons (Fsp3) is 0.536. The van der Waals surface area contributed by atoms with Gasteiger partial charge in [-0.3, -0.25) is 4.98 Å². The number of pyridine rings is 1. The molecule has 2 aromatic heterocycles. The normalized spacial score (nSPS) is 15.8. The van der Waals surface area contributed by atoms with E-state index in [2.05, 4.69) is 91.9 Å². The van der Waals surface area contributed by atoms with Crippen LogP contribution in [0.4, 0.5) is 0 Å². The predicted octanol–water partition coefficient (Wildman–Crippen LogP) is 5.62. The molecular weight excluding hydrogens is 408 g/mol. The van der Waals surface area contributed by atoms with Gasteiger partial charge < -0.3 is 19.5 Å². The zero-order valence-electron chi connectivity index (χ0n) is 21.2. The molecule has 1 saturated heterocycles. The van der Waals surface area contributed by atoms with E-state index in [4.69, 9.17) is 4.74 Å². The number of hydrogen-bond donors (Lipinski definition) is 1. The lowest BCUT2D eigenvalue weighted by atomic mass is 9.95. The Hall–Kier alpha value is -2.37. The molecule has 3 aromatic rings. The Morgan fingerprint density at radius 2 is 1.79 bits per heavy atom. The highest BCUT2D eigenvalue weighted by atomic mass is 16.5. The van der Waals surface area contributed by atoms with Crippen molar-refractivity contribution < 1.29 is 4.74 Å². The summed E-state index contributed by atoms with van der Waals surface area (Å²) in [5.41, 5.74) is 7.04. The van der Waals surface area contributed by atoms with Crippen molar-refractivity contribution >= 4 is 10.9 Å². The average Bonchev–Trinajstić information content (AvgIpc) is 3.15. The summed E-state index contributed by atoms with van der Waals surface area (Å²) in [6.45, 7) is 14.1. The SMILES string of the molecule is Cc1cc(-c2[nH]c3ccc(OCC4CCN(CCN(C)C)CC4)cc3c2C(C)C)cc(C)n1. The summed E-state index contributed by atoms with van der Waals surface area (Å²) in [5.74, 6) is 2.03. The summed E-state index contributed by atoms with van der Waals surface area (Å²) in [6, 6.07) is 10.9. The molecule has 1 fully saturated rings. The minimum Gasteiger partial charge on any atom is -0.493 e. The van der Waals surface area contributed by atoms with Crippen molar-refractivity contribution in [2.45, 2.75) is 46.5 Å². The Morgan fingerprint density at radius 3 is 2.42 bits per heavy atom. The number of hydrogen-bond acceptors (Lipinski definition) is 4. The van der Waals surface area contributed by atoms with E-state index >= 15 is 0 Å². The predicted molar refractivity (Wildman–Crippen MR) is 138 cm³/mol. The molecule has 0 saturated carbocycles. The highest BCUT2D eigenvalue weighted by Crippen LogP contribution is 2.37. The molecule has 33 heavy (non-hydrogen) atoms. The summed E-state index contributed by atoms with van der Waals surface area (Å²) >= 11 is 0. The number of aromatic amines is 1. The number of likely N-dealkylation sites (N-methyl/N-ethyl adjacent to an activating group) is 1. The van der Waals surface area contributed by atoms with Gasteiger partial charge >= 0.3 is 0 Å². The molecule has 0 bridgehead atoms. The third-order valence-electron chi connectivity index (χ3n) is 6.81. The third-order valence-corrected chi connectivity index (χ3v) is 6.81. The number of aromatic nitrogens is 2. The van der Waals surface area contributed by atoms with Gasteiger partial charge in [-0.1, -0.05) is 13.8 Å². The van der Waals surface area contributed by atoms with Crippen LogP contribution in [0.1, 0.15) is 49.6 Å². The van der Waals surface area contributed by atoms with Gasteiger partial charge in [-0.05, 0) is 102 Å². The fourth-order valence-electron chi connectivity index (χ4n) is 5.02. The summed E-state index contributed by atoms with van der Waals surface area (Å²) in [7, 11) is 4.30. The number of nitrogens with zero attached hydrogens (tertiary/aromatic N) is 3. The van der Waals surface area contributed by atoms with E-state index in [1.54, 1.807) is 0 Å². The summed E-state index contributed by atoms with van der Waals surface area (Å²) in [6.07, 6.45) is 2.45. The number of benzene rings is 1. The number of ether oxygens (including phenoxy) is 1.